The lowest BCUT2D eigenvalue weighted by Gasteiger charge is -2.28. The summed E-state index contributed by atoms with van der Waals surface area (Å²) in [7, 11) is 1.64. The van der Waals surface area contributed by atoms with Crippen molar-refractivity contribution in [3.63, 3.8) is 0 Å². The van der Waals surface area contributed by atoms with E-state index in [1.54, 1.807) is 7.11 Å². The number of imide groups is 1. The van der Waals surface area contributed by atoms with Gasteiger partial charge in [0.2, 0.25) is 17.7 Å². The normalized spacial score (nSPS) is 22.4. The fourth-order valence-electron chi connectivity index (χ4n) is 4.50. The van der Waals surface area contributed by atoms with Crippen LogP contribution in [0.25, 0.3) is 0 Å². The van der Waals surface area contributed by atoms with E-state index in [0.29, 0.717) is 19.3 Å². The molecule has 0 radical (unpaired) electrons. The number of amides is 3. The molecule has 3 rings (SSSR count). The Hall–Kier alpha value is -2.63. The molecule has 6 nitrogen and oxygen atoms in total. The Kier molecular flexibility index (Phi) is 7.52. The first kappa shape index (κ1) is 23.0. The highest BCUT2D eigenvalue weighted by atomic mass is 16.5. The second kappa shape index (κ2) is 10.1. The number of carbonyl (C=O) groups excluding carboxylic acids is 3. The highest BCUT2D eigenvalue weighted by Crippen LogP contribution is 2.37. The fourth-order valence-corrected chi connectivity index (χ4v) is 4.50. The molecule has 0 spiro atoms. The van der Waals surface area contributed by atoms with Crippen LogP contribution in [0.5, 0.6) is 5.75 Å². The van der Waals surface area contributed by atoms with Crippen molar-refractivity contribution in [2.24, 2.45) is 17.8 Å². The first-order valence-corrected chi connectivity index (χ1v) is 11.3. The van der Waals surface area contributed by atoms with E-state index in [4.69, 9.17) is 4.74 Å². The standard InChI is InChI=1S/C25H34N2O4/c1-16(2)15-22(27-24(29)20-7-5-6-8-21(20)25(27)30)23(28)26-17(3)9-10-18-11-13-19(31-4)14-12-18/h5-6,11-14,16-17,20-22H,7-10,15H2,1-4H3,(H,26,28). The van der Waals surface area contributed by atoms with E-state index in [-0.39, 0.29) is 41.5 Å². The smallest absolute Gasteiger partial charge is 0.243 e. The second-order valence-electron chi connectivity index (χ2n) is 9.14. The molecule has 1 saturated heterocycles. The number of methoxy groups -OCH3 is 1. The van der Waals surface area contributed by atoms with Crippen LogP contribution in [-0.4, -0.2) is 41.8 Å². The van der Waals surface area contributed by atoms with Crippen molar-refractivity contribution in [3.8, 4) is 5.75 Å². The fraction of sp³-hybridized carbons (Fsp3) is 0.560. The number of carbonyl (C=O) groups is 3. The number of hydrogen-bond acceptors (Lipinski definition) is 4. The molecule has 3 amide bonds. The van der Waals surface area contributed by atoms with Crippen molar-refractivity contribution in [3.05, 3.63) is 42.0 Å². The maximum Gasteiger partial charge on any atom is 0.243 e. The van der Waals surface area contributed by atoms with Crippen molar-refractivity contribution < 1.29 is 19.1 Å². The van der Waals surface area contributed by atoms with Crippen molar-refractivity contribution in [2.45, 2.75) is 65.0 Å². The first-order valence-electron chi connectivity index (χ1n) is 11.3. The van der Waals surface area contributed by atoms with E-state index in [9.17, 15) is 14.4 Å². The van der Waals surface area contributed by atoms with E-state index in [1.165, 1.54) is 10.5 Å². The third-order valence-corrected chi connectivity index (χ3v) is 6.26. The SMILES string of the molecule is COc1ccc(CCC(C)NC(=O)C(CC(C)C)N2C(=O)C3CC=CCC3C2=O)cc1. The Morgan fingerprint density at radius 3 is 2.16 bits per heavy atom. The number of nitrogens with one attached hydrogen (secondary N) is 1. The molecule has 31 heavy (non-hydrogen) atoms. The van der Waals surface area contributed by atoms with Crippen molar-refractivity contribution in [1.82, 2.24) is 10.2 Å². The Balaban J connectivity index is 1.64. The number of aryl methyl sites for hydroxylation is 1. The summed E-state index contributed by atoms with van der Waals surface area (Å²) in [6.45, 7) is 5.98. The molecule has 0 saturated carbocycles. The highest BCUT2D eigenvalue weighted by molar-refractivity contribution is 6.08. The van der Waals surface area contributed by atoms with Crippen LogP contribution in [-0.2, 0) is 20.8 Å². The van der Waals surface area contributed by atoms with Gasteiger partial charge in [0.05, 0.1) is 18.9 Å². The molecule has 0 bridgehead atoms. The van der Waals surface area contributed by atoms with Crippen LogP contribution >= 0.6 is 0 Å². The molecule has 1 fully saturated rings. The summed E-state index contributed by atoms with van der Waals surface area (Å²) in [5.74, 6) is -0.231. The van der Waals surface area contributed by atoms with Gasteiger partial charge in [-0.25, -0.2) is 0 Å². The number of rotatable bonds is 9. The molecule has 2 aliphatic rings. The number of benzene rings is 1. The number of ether oxygens (including phenoxy) is 1. The quantitative estimate of drug-likeness (QED) is 0.484. The summed E-state index contributed by atoms with van der Waals surface area (Å²) in [5, 5.41) is 3.05. The molecule has 1 N–H and O–H groups in total. The van der Waals surface area contributed by atoms with Crippen molar-refractivity contribution in [1.29, 1.82) is 0 Å². The monoisotopic (exact) mass is 426 g/mol. The summed E-state index contributed by atoms with van der Waals surface area (Å²) in [6.07, 6.45) is 7.16. The summed E-state index contributed by atoms with van der Waals surface area (Å²) >= 11 is 0. The summed E-state index contributed by atoms with van der Waals surface area (Å²) in [4.78, 5) is 40.5. The van der Waals surface area contributed by atoms with E-state index >= 15 is 0 Å². The second-order valence-corrected chi connectivity index (χ2v) is 9.14. The number of allylic oxidation sites excluding steroid dienone is 2. The van der Waals surface area contributed by atoms with Gasteiger partial charge in [-0.3, -0.25) is 19.3 Å². The van der Waals surface area contributed by atoms with Gasteiger partial charge in [-0.2, -0.15) is 0 Å². The maximum absolute atomic E-state index is 13.2. The summed E-state index contributed by atoms with van der Waals surface area (Å²) in [6, 6.07) is 7.08. The third kappa shape index (κ3) is 5.35. The van der Waals surface area contributed by atoms with Gasteiger partial charge < -0.3 is 10.1 Å². The Bertz CT molecular complexity index is 804. The van der Waals surface area contributed by atoms with E-state index in [1.807, 2.05) is 57.2 Å². The number of nitrogens with zero attached hydrogens (tertiary/aromatic N) is 1. The zero-order valence-electron chi connectivity index (χ0n) is 19.0. The van der Waals surface area contributed by atoms with Gasteiger partial charge in [-0.05, 0) is 62.6 Å². The van der Waals surface area contributed by atoms with Crippen LogP contribution in [0.1, 0.15) is 52.0 Å². The van der Waals surface area contributed by atoms with Gasteiger partial charge in [-0.15, -0.1) is 0 Å². The minimum Gasteiger partial charge on any atom is -0.497 e. The van der Waals surface area contributed by atoms with E-state index in [2.05, 4.69) is 5.32 Å². The Morgan fingerprint density at radius 2 is 1.65 bits per heavy atom. The number of likely N-dealkylation sites (tertiary alicyclic amines) is 1. The molecule has 0 aromatic heterocycles. The van der Waals surface area contributed by atoms with Gasteiger partial charge in [0, 0.05) is 6.04 Å². The molecule has 1 aromatic carbocycles. The van der Waals surface area contributed by atoms with Crippen LogP contribution in [0.3, 0.4) is 0 Å². The lowest BCUT2D eigenvalue weighted by Crippen LogP contribution is -2.52. The number of hydrogen-bond donors (Lipinski definition) is 1. The Labute approximate surface area is 185 Å². The van der Waals surface area contributed by atoms with Crippen LogP contribution in [0, 0.1) is 17.8 Å². The first-order chi connectivity index (χ1) is 14.8. The van der Waals surface area contributed by atoms with Crippen LogP contribution in [0.15, 0.2) is 36.4 Å². The van der Waals surface area contributed by atoms with Crippen LogP contribution in [0.4, 0.5) is 0 Å². The molecule has 6 heteroatoms. The van der Waals surface area contributed by atoms with E-state index in [0.717, 1.165) is 18.6 Å². The van der Waals surface area contributed by atoms with Crippen molar-refractivity contribution in [2.75, 3.05) is 7.11 Å². The third-order valence-electron chi connectivity index (χ3n) is 6.26. The highest BCUT2D eigenvalue weighted by Gasteiger charge is 2.51. The molecule has 4 atom stereocenters. The van der Waals surface area contributed by atoms with Gasteiger partial charge in [0.25, 0.3) is 0 Å². The maximum atomic E-state index is 13.2. The summed E-state index contributed by atoms with van der Waals surface area (Å²) in [5.41, 5.74) is 1.17. The van der Waals surface area contributed by atoms with E-state index < -0.39 is 6.04 Å². The molecule has 1 aliphatic heterocycles. The zero-order valence-corrected chi connectivity index (χ0v) is 19.0. The molecule has 1 aromatic rings. The minimum atomic E-state index is -0.742. The number of fused-ring (bicyclic) bond motifs is 1. The van der Waals surface area contributed by atoms with Crippen LogP contribution < -0.4 is 10.1 Å². The average Bonchev–Trinajstić information content (AvgIpc) is 3.01. The van der Waals surface area contributed by atoms with Gasteiger partial charge in [-0.1, -0.05) is 38.1 Å². The largest absolute Gasteiger partial charge is 0.497 e. The lowest BCUT2D eigenvalue weighted by atomic mass is 9.85. The topological polar surface area (TPSA) is 75.7 Å². The average molecular weight is 427 g/mol. The predicted octanol–water partition coefficient (Wildman–Crippen LogP) is 3.50. The zero-order chi connectivity index (χ0) is 22.5. The molecule has 1 heterocycles. The summed E-state index contributed by atoms with van der Waals surface area (Å²) < 4.78 is 5.19. The molecule has 1 aliphatic carbocycles. The predicted molar refractivity (Wildman–Crippen MR) is 119 cm³/mol. The van der Waals surface area contributed by atoms with Gasteiger partial charge in [0.1, 0.15) is 11.8 Å². The molecule has 168 valence electrons. The minimum absolute atomic E-state index is 0.0685. The lowest BCUT2D eigenvalue weighted by molar-refractivity contribution is -0.148. The van der Waals surface area contributed by atoms with Crippen LogP contribution in [0.2, 0.25) is 0 Å². The van der Waals surface area contributed by atoms with Gasteiger partial charge in [0.15, 0.2) is 0 Å². The van der Waals surface area contributed by atoms with Gasteiger partial charge >= 0.3 is 0 Å². The molecule has 4 unspecified atom stereocenters. The Morgan fingerprint density at radius 1 is 1.06 bits per heavy atom. The van der Waals surface area contributed by atoms with Crippen molar-refractivity contribution >= 4 is 17.7 Å². The molecular formula is C25H34N2O4. The molecular weight excluding hydrogens is 392 g/mol.